The number of aromatic hydroxyl groups is 1. The zero-order valence-corrected chi connectivity index (χ0v) is 20.4. The van der Waals surface area contributed by atoms with E-state index in [1.807, 2.05) is 0 Å². The molecule has 2 aromatic carbocycles. The van der Waals surface area contributed by atoms with Gasteiger partial charge in [-0.2, -0.15) is 0 Å². The molecule has 12 nitrogen and oxygen atoms in total. The maximum atomic E-state index is 13.3. The number of hydrogen-bond donors (Lipinski definition) is 4. The Morgan fingerprint density at radius 3 is 2.06 bits per heavy atom. The van der Waals surface area contributed by atoms with Crippen molar-refractivity contribution in [1.29, 1.82) is 0 Å². The second kappa shape index (κ2) is 11.5. The van der Waals surface area contributed by atoms with Crippen LogP contribution in [-0.4, -0.2) is 63.0 Å². The van der Waals surface area contributed by atoms with Gasteiger partial charge in [-0.15, -0.1) is 0 Å². The maximum absolute atomic E-state index is 13.3. The summed E-state index contributed by atoms with van der Waals surface area (Å²) in [6.45, 7) is -0.00318. The first-order valence-corrected chi connectivity index (χ1v) is 11.0. The van der Waals surface area contributed by atoms with E-state index < -0.39 is 23.8 Å². The van der Waals surface area contributed by atoms with Gasteiger partial charge in [-0.05, 0) is 17.7 Å². The quantitative estimate of drug-likeness (QED) is 0.203. The van der Waals surface area contributed by atoms with Crippen molar-refractivity contribution in [1.82, 2.24) is 10.8 Å². The molecule has 3 rings (SSSR count). The third-order valence-corrected chi connectivity index (χ3v) is 5.91. The zero-order valence-electron chi connectivity index (χ0n) is 20.4. The van der Waals surface area contributed by atoms with Crippen LogP contribution in [0.25, 0.3) is 0 Å². The fraction of sp³-hybridized carbons (Fsp3) is 0.375. The molecule has 2 aromatic rings. The summed E-state index contributed by atoms with van der Waals surface area (Å²) in [4.78, 5) is 38.2. The lowest BCUT2D eigenvalue weighted by Gasteiger charge is -2.47. The lowest BCUT2D eigenvalue weighted by atomic mass is 9.81. The van der Waals surface area contributed by atoms with Gasteiger partial charge >= 0.3 is 0 Å². The van der Waals surface area contributed by atoms with Gasteiger partial charge in [-0.3, -0.25) is 19.6 Å². The number of nitrogens with one attached hydrogen (secondary N) is 2. The summed E-state index contributed by atoms with van der Waals surface area (Å²) in [5.41, 5.74) is 2.55. The molecule has 0 spiro atoms. The average Bonchev–Trinajstić information content (AvgIpc) is 2.89. The van der Waals surface area contributed by atoms with Crippen LogP contribution in [0.15, 0.2) is 30.3 Å². The van der Waals surface area contributed by atoms with Crippen LogP contribution in [0, 0.1) is 5.92 Å². The number of β-lactam (4-membered cyclic amide) rings is 1. The smallest absolute Gasteiger partial charge is 0.243 e. The number of methoxy groups -OCH3 is 4. The van der Waals surface area contributed by atoms with Gasteiger partial charge in [0, 0.05) is 31.5 Å². The number of anilines is 1. The molecule has 1 aliphatic rings. The van der Waals surface area contributed by atoms with Crippen molar-refractivity contribution in [2.45, 2.75) is 18.9 Å². The second-order valence-electron chi connectivity index (χ2n) is 7.91. The molecule has 12 heteroatoms. The van der Waals surface area contributed by atoms with Crippen molar-refractivity contribution in [2.24, 2.45) is 5.92 Å². The number of carbonyl (C=O) groups excluding carboxylic acids is 3. The summed E-state index contributed by atoms with van der Waals surface area (Å²) in [7, 11) is 5.83. The monoisotopic (exact) mass is 503 g/mol. The van der Waals surface area contributed by atoms with Gasteiger partial charge in [-0.25, -0.2) is 5.48 Å². The molecule has 4 N–H and O–H groups in total. The molecule has 0 bridgehead atoms. The average molecular weight is 504 g/mol. The highest BCUT2D eigenvalue weighted by molar-refractivity contribution is 6.04. The molecule has 1 aliphatic heterocycles. The van der Waals surface area contributed by atoms with Crippen LogP contribution in [0.3, 0.4) is 0 Å². The Kier molecular flexibility index (Phi) is 8.43. The molecule has 1 fully saturated rings. The van der Waals surface area contributed by atoms with Crippen molar-refractivity contribution in [3.8, 4) is 28.7 Å². The van der Waals surface area contributed by atoms with E-state index in [2.05, 4.69) is 5.32 Å². The Hall–Kier alpha value is -4.19. The molecule has 0 aliphatic carbocycles. The highest BCUT2D eigenvalue weighted by Gasteiger charge is 2.49. The molecule has 1 heterocycles. The molecule has 0 radical (unpaired) electrons. The van der Waals surface area contributed by atoms with Crippen LogP contribution < -0.4 is 34.6 Å². The number of carbonyl (C=O) groups is 3. The number of phenolic OH excluding ortho intramolecular Hbond substituents is 1. The van der Waals surface area contributed by atoms with Crippen molar-refractivity contribution < 1.29 is 43.6 Å². The van der Waals surface area contributed by atoms with Crippen LogP contribution in [0.2, 0.25) is 0 Å². The standard InChI is InChI=1S/C24H29N3O9/c1-33-17-6-5-13(9-16(17)28)22-15(12-25-20(29)7-8-21(30)26-32)24(31)27(22)14-10-18(34-2)23(36-4)19(11-14)35-3/h5-6,9-11,15,22,28,32H,7-8,12H2,1-4H3,(H,25,29)(H,26,30)/t15-,22-/m0/s1. The largest absolute Gasteiger partial charge is 0.504 e. The summed E-state index contributed by atoms with van der Waals surface area (Å²) < 4.78 is 21.3. The number of ether oxygens (including phenoxy) is 4. The minimum absolute atomic E-state index is 0.00318. The van der Waals surface area contributed by atoms with Gasteiger partial charge < -0.3 is 34.3 Å². The topological polar surface area (TPSA) is 156 Å². The fourth-order valence-corrected chi connectivity index (χ4v) is 4.11. The molecule has 194 valence electrons. The van der Waals surface area contributed by atoms with Gasteiger partial charge in [0.15, 0.2) is 23.0 Å². The van der Waals surface area contributed by atoms with E-state index in [1.165, 1.54) is 44.9 Å². The van der Waals surface area contributed by atoms with Gasteiger partial charge in [0.1, 0.15) is 0 Å². The zero-order chi connectivity index (χ0) is 26.4. The molecule has 1 saturated heterocycles. The number of nitrogens with zero attached hydrogens (tertiary/aromatic N) is 1. The molecular weight excluding hydrogens is 474 g/mol. The fourth-order valence-electron chi connectivity index (χ4n) is 4.11. The van der Waals surface area contributed by atoms with E-state index in [0.29, 0.717) is 28.5 Å². The van der Waals surface area contributed by atoms with E-state index in [0.717, 1.165) is 0 Å². The molecule has 0 saturated carbocycles. The Morgan fingerprint density at radius 1 is 0.917 bits per heavy atom. The van der Waals surface area contributed by atoms with Crippen LogP contribution in [-0.2, 0) is 14.4 Å². The van der Waals surface area contributed by atoms with Crippen molar-refractivity contribution in [2.75, 3.05) is 39.9 Å². The summed E-state index contributed by atoms with van der Waals surface area (Å²) in [5.74, 6) is -0.826. The Balaban J connectivity index is 1.93. The van der Waals surface area contributed by atoms with Gasteiger partial charge in [-0.1, -0.05) is 6.07 Å². The Morgan fingerprint density at radius 2 is 1.53 bits per heavy atom. The summed E-state index contributed by atoms with van der Waals surface area (Å²) in [6, 6.07) is 7.53. The molecular formula is C24H29N3O9. The number of phenols is 1. The molecule has 3 amide bonds. The third-order valence-electron chi connectivity index (χ3n) is 5.91. The maximum Gasteiger partial charge on any atom is 0.243 e. The van der Waals surface area contributed by atoms with E-state index in [1.54, 1.807) is 24.3 Å². The normalized spacial score (nSPS) is 16.6. The van der Waals surface area contributed by atoms with E-state index in [9.17, 15) is 19.5 Å². The SMILES string of the molecule is COc1ccc([C@H]2[C@H](CNC(=O)CCC(=O)NO)C(=O)N2c2cc(OC)c(OC)c(OC)c2)cc1O. The van der Waals surface area contributed by atoms with Crippen molar-refractivity contribution >= 4 is 23.4 Å². The number of hydroxylamine groups is 1. The molecule has 2 atom stereocenters. The van der Waals surface area contributed by atoms with Gasteiger partial charge in [0.2, 0.25) is 23.5 Å². The predicted octanol–water partition coefficient (Wildman–Crippen LogP) is 1.53. The first-order chi connectivity index (χ1) is 17.3. The third kappa shape index (κ3) is 5.23. The van der Waals surface area contributed by atoms with Crippen molar-refractivity contribution in [3.63, 3.8) is 0 Å². The van der Waals surface area contributed by atoms with Gasteiger partial charge in [0.05, 0.1) is 46.1 Å². The van der Waals surface area contributed by atoms with Crippen LogP contribution >= 0.6 is 0 Å². The molecule has 0 unspecified atom stereocenters. The minimum Gasteiger partial charge on any atom is -0.504 e. The number of rotatable bonds is 11. The lowest BCUT2D eigenvalue weighted by Crippen LogP contribution is -2.58. The number of benzene rings is 2. The van der Waals surface area contributed by atoms with Crippen LogP contribution in [0.1, 0.15) is 24.4 Å². The van der Waals surface area contributed by atoms with Crippen molar-refractivity contribution in [3.05, 3.63) is 35.9 Å². The molecule has 0 aromatic heterocycles. The van der Waals surface area contributed by atoms with Crippen LogP contribution in [0.5, 0.6) is 28.7 Å². The minimum atomic E-state index is -0.690. The van der Waals surface area contributed by atoms with E-state index >= 15 is 0 Å². The van der Waals surface area contributed by atoms with E-state index in [-0.39, 0.29) is 36.8 Å². The number of amides is 3. The molecule has 36 heavy (non-hydrogen) atoms. The van der Waals surface area contributed by atoms with E-state index in [4.69, 9.17) is 24.2 Å². The first kappa shape index (κ1) is 26.4. The Bertz CT molecular complexity index is 1110. The second-order valence-corrected chi connectivity index (χ2v) is 7.91. The first-order valence-electron chi connectivity index (χ1n) is 11.0. The predicted molar refractivity (Wildman–Crippen MR) is 127 cm³/mol. The highest BCUT2D eigenvalue weighted by atomic mass is 16.5. The summed E-state index contributed by atoms with van der Waals surface area (Å²) in [5, 5.41) is 21.6. The summed E-state index contributed by atoms with van der Waals surface area (Å²) >= 11 is 0. The lowest BCUT2D eigenvalue weighted by molar-refractivity contribution is -0.133. The summed E-state index contributed by atoms with van der Waals surface area (Å²) in [6.07, 6.45) is -0.355. The van der Waals surface area contributed by atoms with Gasteiger partial charge in [0.25, 0.3) is 0 Å². The highest BCUT2D eigenvalue weighted by Crippen LogP contribution is 2.49. The number of hydrogen-bond acceptors (Lipinski definition) is 9. The Labute approximate surface area is 207 Å². The van der Waals surface area contributed by atoms with Crippen LogP contribution in [0.4, 0.5) is 5.69 Å².